The first-order chi connectivity index (χ1) is 11.2. The lowest BCUT2D eigenvalue weighted by atomic mass is 10.1. The number of likely N-dealkylation sites (tertiary alicyclic amines) is 2. The molecule has 3 rings (SSSR count). The van der Waals surface area contributed by atoms with Crippen LogP contribution in [0.5, 0.6) is 0 Å². The molecule has 1 amide bonds. The van der Waals surface area contributed by atoms with Gasteiger partial charge < -0.3 is 4.90 Å². The van der Waals surface area contributed by atoms with Crippen molar-refractivity contribution in [3.05, 3.63) is 35.9 Å². The summed E-state index contributed by atoms with van der Waals surface area (Å²) in [4.78, 5) is 28.8. The van der Waals surface area contributed by atoms with Crippen LogP contribution < -0.4 is 0 Å². The highest BCUT2D eigenvalue weighted by Gasteiger charge is 2.28. The molecule has 0 saturated carbocycles. The molecule has 0 aromatic heterocycles. The van der Waals surface area contributed by atoms with E-state index >= 15 is 0 Å². The Morgan fingerprint density at radius 2 is 1.78 bits per heavy atom. The zero-order valence-electron chi connectivity index (χ0n) is 13.4. The van der Waals surface area contributed by atoms with Crippen molar-refractivity contribution in [2.45, 2.75) is 30.9 Å². The van der Waals surface area contributed by atoms with Gasteiger partial charge in [0, 0.05) is 30.4 Å². The van der Waals surface area contributed by atoms with E-state index in [1.54, 1.807) is 0 Å². The Balaban J connectivity index is 1.45. The Hall–Kier alpha value is -1.33. The Morgan fingerprint density at radius 3 is 2.52 bits per heavy atom. The molecule has 0 N–H and O–H groups in total. The number of rotatable bonds is 4. The summed E-state index contributed by atoms with van der Waals surface area (Å²) < 4.78 is 0. The second-order valence-corrected chi connectivity index (χ2v) is 7.63. The van der Waals surface area contributed by atoms with Gasteiger partial charge in [0.05, 0.1) is 6.54 Å². The zero-order chi connectivity index (χ0) is 16.1. The summed E-state index contributed by atoms with van der Waals surface area (Å²) in [7, 11) is 0. The van der Waals surface area contributed by atoms with Gasteiger partial charge in [-0.2, -0.15) is 0 Å². The lowest BCUT2D eigenvalue weighted by Gasteiger charge is -2.28. The molecule has 0 aliphatic carbocycles. The maximum Gasteiger partial charge on any atom is 0.236 e. The molecule has 1 aromatic carbocycles. The fourth-order valence-corrected chi connectivity index (χ4v) is 4.35. The minimum absolute atomic E-state index is 0.139. The molecule has 2 aliphatic rings. The van der Waals surface area contributed by atoms with Crippen molar-refractivity contribution < 1.29 is 9.59 Å². The van der Waals surface area contributed by atoms with E-state index < -0.39 is 0 Å². The highest BCUT2D eigenvalue weighted by Crippen LogP contribution is 2.26. The molecular formula is C18H24N2O2S. The van der Waals surface area contributed by atoms with Crippen molar-refractivity contribution in [2.24, 2.45) is 0 Å². The number of hydrogen-bond acceptors (Lipinski definition) is 4. The van der Waals surface area contributed by atoms with Crippen molar-refractivity contribution in [3.8, 4) is 0 Å². The second kappa shape index (κ2) is 7.97. The predicted molar refractivity (Wildman–Crippen MR) is 93.6 cm³/mol. The van der Waals surface area contributed by atoms with E-state index in [1.807, 2.05) is 35.2 Å². The van der Waals surface area contributed by atoms with E-state index in [4.69, 9.17) is 0 Å². The number of benzene rings is 1. The molecule has 2 fully saturated rings. The molecule has 2 aliphatic heterocycles. The van der Waals surface area contributed by atoms with Gasteiger partial charge in [0.25, 0.3) is 0 Å². The van der Waals surface area contributed by atoms with Crippen LogP contribution in [0.4, 0.5) is 0 Å². The molecular weight excluding hydrogens is 308 g/mol. The largest absolute Gasteiger partial charge is 0.342 e. The maximum atomic E-state index is 12.3. The van der Waals surface area contributed by atoms with Crippen LogP contribution in [0.3, 0.4) is 0 Å². The third-order valence-corrected chi connectivity index (χ3v) is 5.75. The summed E-state index contributed by atoms with van der Waals surface area (Å²) in [5, 5.41) is 0.441. The summed E-state index contributed by atoms with van der Waals surface area (Å²) in [6, 6.07) is 9.44. The monoisotopic (exact) mass is 332 g/mol. The van der Waals surface area contributed by atoms with Crippen molar-refractivity contribution in [3.63, 3.8) is 0 Å². The first-order valence-corrected chi connectivity index (χ1v) is 9.36. The van der Waals surface area contributed by atoms with Gasteiger partial charge >= 0.3 is 0 Å². The van der Waals surface area contributed by atoms with E-state index in [0.717, 1.165) is 51.0 Å². The quantitative estimate of drug-likeness (QED) is 0.850. The van der Waals surface area contributed by atoms with Crippen LogP contribution in [0.2, 0.25) is 0 Å². The third kappa shape index (κ3) is 4.58. The lowest BCUT2D eigenvalue weighted by molar-refractivity contribution is -0.133. The van der Waals surface area contributed by atoms with E-state index in [2.05, 4.69) is 4.90 Å². The first kappa shape index (κ1) is 16.5. The standard InChI is InChI=1S/C18H24N2O2S/c21-17(20-10-5-2-6-11-20)14-19-12-9-16(13-19)23-18(22)15-7-3-1-4-8-15/h1,3-4,7-8,16H,2,5-6,9-14H2. The first-order valence-electron chi connectivity index (χ1n) is 8.48. The minimum Gasteiger partial charge on any atom is -0.342 e. The molecule has 1 unspecified atom stereocenters. The maximum absolute atomic E-state index is 12.3. The Kier molecular flexibility index (Phi) is 5.73. The molecule has 124 valence electrons. The van der Waals surface area contributed by atoms with Gasteiger partial charge in [-0.05, 0) is 32.2 Å². The highest BCUT2D eigenvalue weighted by atomic mass is 32.2. The molecule has 0 bridgehead atoms. The van der Waals surface area contributed by atoms with Gasteiger partial charge in [-0.15, -0.1) is 0 Å². The summed E-state index contributed by atoms with van der Waals surface area (Å²) in [6.45, 7) is 4.09. The third-order valence-electron chi connectivity index (χ3n) is 4.58. The topological polar surface area (TPSA) is 40.6 Å². The van der Waals surface area contributed by atoms with E-state index in [0.29, 0.717) is 11.8 Å². The minimum atomic E-state index is 0.139. The number of amides is 1. The number of piperidine rings is 1. The average molecular weight is 332 g/mol. The van der Waals surface area contributed by atoms with Gasteiger partial charge in [-0.25, -0.2) is 0 Å². The highest BCUT2D eigenvalue weighted by molar-refractivity contribution is 8.14. The summed E-state index contributed by atoms with van der Waals surface area (Å²) in [5.41, 5.74) is 0.764. The summed E-state index contributed by atoms with van der Waals surface area (Å²) >= 11 is 1.42. The van der Waals surface area contributed by atoms with Gasteiger partial charge in [0.1, 0.15) is 0 Å². The number of thioether (sulfide) groups is 1. The fraction of sp³-hybridized carbons (Fsp3) is 0.556. The average Bonchev–Trinajstić information content (AvgIpc) is 3.03. The van der Waals surface area contributed by atoms with Crippen molar-refractivity contribution in [1.29, 1.82) is 0 Å². The van der Waals surface area contributed by atoms with E-state index in [-0.39, 0.29) is 11.0 Å². The molecule has 1 aromatic rings. The second-order valence-electron chi connectivity index (χ2n) is 6.36. The van der Waals surface area contributed by atoms with Gasteiger partial charge in [0.2, 0.25) is 11.0 Å². The van der Waals surface area contributed by atoms with E-state index in [9.17, 15) is 9.59 Å². The van der Waals surface area contributed by atoms with Crippen LogP contribution >= 0.6 is 11.8 Å². The smallest absolute Gasteiger partial charge is 0.236 e. The van der Waals surface area contributed by atoms with Gasteiger partial charge in [-0.3, -0.25) is 14.5 Å². The normalized spacial score (nSPS) is 22.3. The van der Waals surface area contributed by atoms with Crippen LogP contribution in [-0.2, 0) is 4.79 Å². The molecule has 4 nitrogen and oxygen atoms in total. The van der Waals surface area contributed by atoms with Crippen LogP contribution in [-0.4, -0.2) is 58.8 Å². The lowest BCUT2D eigenvalue weighted by Crippen LogP contribution is -2.42. The molecule has 0 radical (unpaired) electrons. The van der Waals surface area contributed by atoms with Crippen LogP contribution in [0.25, 0.3) is 0 Å². The van der Waals surface area contributed by atoms with Crippen LogP contribution in [0, 0.1) is 0 Å². The summed E-state index contributed by atoms with van der Waals surface area (Å²) in [5.74, 6) is 0.254. The predicted octanol–water partition coefficient (Wildman–Crippen LogP) is 2.65. The van der Waals surface area contributed by atoms with Gasteiger partial charge in [0.15, 0.2) is 0 Å². The Labute approximate surface area is 142 Å². The molecule has 0 spiro atoms. The number of hydrogen-bond donors (Lipinski definition) is 0. The van der Waals surface area contributed by atoms with Crippen molar-refractivity contribution >= 4 is 22.8 Å². The molecule has 2 heterocycles. The molecule has 1 atom stereocenters. The Morgan fingerprint density at radius 1 is 1.04 bits per heavy atom. The zero-order valence-corrected chi connectivity index (χ0v) is 14.3. The molecule has 2 saturated heterocycles. The van der Waals surface area contributed by atoms with Crippen LogP contribution in [0.15, 0.2) is 30.3 Å². The van der Waals surface area contributed by atoms with E-state index in [1.165, 1.54) is 18.2 Å². The van der Waals surface area contributed by atoms with Crippen LogP contribution in [0.1, 0.15) is 36.0 Å². The summed E-state index contributed by atoms with van der Waals surface area (Å²) in [6.07, 6.45) is 4.50. The SMILES string of the molecule is O=C(SC1CCN(CC(=O)N2CCCCC2)C1)c1ccccc1. The van der Waals surface area contributed by atoms with Crippen molar-refractivity contribution in [1.82, 2.24) is 9.80 Å². The molecule has 23 heavy (non-hydrogen) atoms. The number of nitrogens with zero attached hydrogens (tertiary/aromatic N) is 2. The Bertz CT molecular complexity index is 543. The number of carbonyl (C=O) groups excluding carboxylic acids is 2. The van der Waals surface area contributed by atoms with Gasteiger partial charge in [-0.1, -0.05) is 42.1 Å². The van der Waals surface area contributed by atoms with Crippen molar-refractivity contribution in [2.75, 3.05) is 32.7 Å². The number of carbonyl (C=O) groups is 2. The molecule has 5 heteroatoms. The fourth-order valence-electron chi connectivity index (χ4n) is 3.27.